The summed E-state index contributed by atoms with van der Waals surface area (Å²) in [6.07, 6.45) is 1.84. The Labute approximate surface area is 165 Å². The number of anilines is 2. The second kappa shape index (κ2) is 7.53. The third-order valence-corrected chi connectivity index (χ3v) is 4.62. The molecule has 0 spiro atoms. The molecule has 0 saturated heterocycles. The lowest BCUT2D eigenvalue weighted by Gasteiger charge is -2.18. The normalized spacial score (nSPS) is 15.1. The lowest BCUT2D eigenvalue weighted by molar-refractivity contribution is -0.113. The smallest absolute Gasteiger partial charge is 0.282 e. The highest BCUT2D eigenvalue weighted by Gasteiger charge is 2.32. The van der Waals surface area contributed by atoms with Gasteiger partial charge in [0.25, 0.3) is 5.91 Å². The van der Waals surface area contributed by atoms with Crippen LogP contribution in [0.4, 0.5) is 11.4 Å². The molecule has 3 aromatic carbocycles. The number of carbonyl (C=O) groups is 1. The van der Waals surface area contributed by atoms with Crippen molar-refractivity contribution in [3.05, 3.63) is 102 Å². The molecule has 0 aromatic heterocycles. The second-order valence-corrected chi connectivity index (χ2v) is 6.79. The quantitative estimate of drug-likeness (QED) is 0.633. The second-order valence-electron chi connectivity index (χ2n) is 6.79. The van der Waals surface area contributed by atoms with Gasteiger partial charge >= 0.3 is 0 Å². The van der Waals surface area contributed by atoms with Gasteiger partial charge in [-0.05, 0) is 35.9 Å². The van der Waals surface area contributed by atoms with Gasteiger partial charge in [-0.25, -0.2) is 4.99 Å². The molecule has 0 N–H and O–H groups in total. The number of nitrogens with zero attached hydrogens (tertiary/aromatic N) is 3. The average molecular weight is 367 g/mol. The van der Waals surface area contributed by atoms with Crippen LogP contribution < -0.4 is 9.80 Å². The highest BCUT2D eigenvalue weighted by atomic mass is 16.2. The van der Waals surface area contributed by atoms with Gasteiger partial charge in [0.2, 0.25) is 0 Å². The van der Waals surface area contributed by atoms with Crippen LogP contribution in [0, 0.1) is 0 Å². The fraction of sp³-hybridized carbons (Fsp3) is 0.0833. The first kappa shape index (κ1) is 17.7. The van der Waals surface area contributed by atoms with E-state index in [9.17, 15) is 4.79 Å². The predicted molar refractivity (Wildman–Crippen MR) is 116 cm³/mol. The van der Waals surface area contributed by atoms with Gasteiger partial charge in [-0.3, -0.25) is 9.69 Å². The van der Waals surface area contributed by atoms with E-state index >= 15 is 0 Å². The molecule has 1 aliphatic rings. The van der Waals surface area contributed by atoms with E-state index in [1.165, 1.54) is 0 Å². The minimum atomic E-state index is -0.123. The Kier molecular flexibility index (Phi) is 4.77. The molecule has 28 heavy (non-hydrogen) atoms. The van der Waals surface area contributed by atoms with Crippen LogP contribution in [-0.4, -0.2) is 25.8 Å². The van der Waals surface area contributed by atoms with Gasteiger partial charge in [-0.2, -0.15) is 0 Å². The minimum Gasteiger partial charge on any atom is -0.378 e. The molecule has 4 rings (SSSR count). The fourth-order valence-electron chi connectivity index (χ4n) is 3.14. The van der Waals surface area contributed by atoms with Crippen molar-refractivity contribution in [2.75, 3.05) is 23.9 Å². The van der Waals surface area contributed by atoms with Crippen molar-refractivity contribution in [1.29, 1.82) is 0 Å². The highest BCUT2D eigenvalue weighted by Crippen LogP contribution is 2.28. The van der Waals surface area contributed by atoms with Crippen LogP contribution >= 0.6 is 0 Å². The molecule has 1 heterocycles. The Morgan fingerprint density at radius 2 is 1.43 bits per heavy atom. The first-order valence-corrected chi connectivity index (χ1v) is 9.16. The largest absolute Gasteiger partial charge is 0.378 e. The molecule has 4 nitrogen and oxygen atoms in total. The molecule has 3 aromatic rings. The van der Waals surface area contributed by atoms with Crippen LogP contribution in [0.2, 0.25) is 0 Å². The number of hydrogen-bond acceptors (Lipinski definition) is 3. The number of para-hydroxylation sites is 1. The number of aliphatic imine (C=N–C) groups is 1. The zero-order valence-corrected chi connectivity index (χ0v) is 15.9. The number of carbonyl (C=O) groups excluding carboxylic acids is 1. The van der Waals surface area contributed by atoms with Gasteiger partial charge in [0.05, 0.1) is 5.69 Å². The van der Waals surface area contributed by atoms with Crippen molar-refractivity contribution >= 4 is 29.2 Å². The van der Waals surface area contributed by atoms with Crippen molar-refractivity contribution in [1.82, 2.24) is 0 Å². The van der Waals surface area contributed by atoms with Crippen molar-refractivity contribution in [3.8, 4) is 0 Å². The molecule has 1 aliphatic heterocycles. The topological polar surface area (TPSA) is 35.9 Å². The summed E-state index contributed by atoms with van der Waals surface area (Å²) in [6.45, 7) is 0. The summed E-state index contributed by atoms with van der Waals surface area (Å²) in [5.74, 6) is 0.523. The number of amidine groups is 1. The zero-order chi connectivity index (χ0) is 19.5. The number of benzene rings is 3. The molecule has 4 heteroatoms. The monoisotopic (exact) mass is 367 g/mol. The van der Waals surface area contributed by atoms with Gasteiger partial charge < -0.3 is 4.90 Å². The maximum absolute atomic E-state index is 13.2. The van der Waals surface area contributed by atoms with Crippen LogP contribution in [0.25, 0.3) is 6.08 Å². The Hall–Kier alpha value is -3.66. The maximum atomic E-state index is 13.2. The van der Waals surface area contributed by atoms with Crippen molar-refractivity contribution in [3.63, 3.8) is 0 Å². The van der Waals surface area contributed by atoms with Gasteiger partial charge in [-0.15, -0.1) is 0 Å². The molecule has 0 atom stereocenters. The van der Waals surface area contributed by atoms with Gasteiger partial charge in [0.15, 0.2) is 0 Å². The van der Waals surface area contributed by atoms with Crippen molar-refractivity contribution < 1.29 is 4.79 Å². The standard InChI is InChI=1S/C24H21N3O/c1-26(2)20-15-13-18(14-16-20)17-22-24(28)27(21-11-7-4-8-12-21)23(25-22)19-9-5-3-6-10-19/h3-17H,1-2H3/b22-17-. The number of amides is 1. The van der Waals surface area contributed by atoms with E-state index in [1.54, 1.807) is 4.90 Å². The van der Waals surface area contributed by atoms with Crippen molar-refractivity contribution in [2.45, 2.75) is 0 Å². The summed E-state index contributed by atoms with van der Waals surface area (Å²) >= 11 is 0. The number of hydrogen-bond donors (Lipinski definition) is 0. The molecule has 138 valence electrons. The van der Waals surface area contributed by atoms with E-state index in [1.807, 2.05) is 110 Å². The SMILES string of the molecule is CN(C)c1ccc(/C=C2\N=C(c3ccccc3)N(c3ccccc3)C2=O)cc1. The Bertz CT molecular complexity index is 1040. The Balaban J connectivity index is 1.76. The van der Waals surface area contributed by atoms with Gasteiger partial charge in [-0.1, -0.05) is 60.7 Å². The van der Waals surface area contributed by atoms with Crippen LogP contribution in [0.15, 0.2) is 95.6 Å². The van der Waals surface area contributed by atoms with E-state index in [0.717, 1.165) is 22.5 Å². The lowest BCUT2D eigenvalue weighted by Crippen LogP contribution is -2.32. The number of rotatable bonds is 4. The van der Waals surface area contributed by atoms with E-state index in [2.05, 4.69) is 0 Å². The maximum Gasteiger partial charge on any atom is 0.282 e. The van der Waals surface area contributed by atoms with Crippen molar-refractivity contribution in [2.24, 2.45) is 4.99 Å². The van der Waals surface area contributed by atoms with Crippen LogP contribution in [0.3, 0.4) is 0 Å². The minimum absolute atomic E-state index is 0.123. The van der Waals surface area contributed by atoms with E-state index < -0.39 is 0 Å². The van der Waals surface area contributed by atoms with E-state index in [0.29, 0.717) is 11.5 Å². The Morgan fingerprint density at radius 3 is 2.04 bits per heavy atom. The summed E-state index contributed by atoms with van der Waals surface area (Å²) in [5.41, 5.74) is 4.20. The van der Waals surface area contributed by atoms with Gasteiger partial charge in [0, 0.05) is 25.3 Å². The van der Waals surface area contributed by atoms with Crippen LogP contribution in [-0.2, 0) is 4.79 Å². The molecule has 0 bridgehead atoms. The third-order valence-electron chi connectivity index (χ3n) is 4.62. The highest BCUT2D eigenvalue weighted by molar-refractivity contribution is 6.33. The molecule has 0 unspecified atom stereocenters. The van der Waals surface area contributed by atoms with E-state index in [-0.39, 0.29) is 5.91 Å². The summed E-state index contributed by atoms with van der Waals surface area (Å²) in [4.78, 5) is 21.6. The average Bonchev–Trinajstić information content (AvgIpc) is 3.06. The molecular formula is C24H21N3O. The summed E-state index contributed by atoms with van der Waals surface area (Å²) < 4.78 is 0. The third kappa shape index (κ3) is 3.45. The predicted octanol–water partition coefficient (Wildman–Crippen LogP) is 4.59. The molecule has 0 saturated carbocycles. The molecule has 1 amide bonds. The first-order valence-electron chi connectivity index (χ1n) is 9.16. The first-order chi connectivity index (χ1) is 13.6. The summed E-state index contributed by atoms with van der Waals surface area (Å²) in [7, 11) is 4.00. The molecule has 0 fully saturated rings. The zero-order valence-electron chi connectivity index (χ0n) is 15.9. The molecule has 0 aliphatic carbocycles. The lowest BCUT2D eigenvalue weighted by atomic mass is 10.1. The fourth-order valence-corrected chi connectivity index (χ4v) is 3.14. The molecular weight excluding hydrogens is 346 g/mol. The van der Waals surface area contributed by atoms with Crippen LogP contribution in [0.1, 0.15) is 11.1 Å². The van der Waals surface area contributed by atoms with E-state index in [4.69, 9.17) is 4.99 Å². The molecule has 0 radical (unpaired) electrons. The van der Waals surface area contributed by atoms with Crippen LogP contribution in [0.5, 0.6) is 0 Å². The Morgan fingerprint density at radius 1 is 0.821 bits per heavy atom. The summed E-state index contributed by atoms with van der Waals surface area (Å²) in [6, 6.07) is 27.5. The summed E-state index contributed by atoms with van der Waals surface area (Å²) in [5, 5.41) is 0. The van der Waals surface area contributed by atoms with Gasteiger partial charge in [0.1, 0.15) is 11.5 Å².